The molecule has 0 spiro atoms. The summed E-state index contributed by atoms with van der Waals surface area (Å²) in [6.45, 7) is 0. The first-order chi connectivity index (χ1) is 19.8. The molecule has 196 valence electrons. The summed E-state index contributed by atoms with van der Waals surface area (Å²) in [6, 6.07) is 50.1. The smallest absolute Gasteiger partial charge is 0.0709 e. The maximum atomic E-state index is 4.89. The van der Waals surface area contributed by atoms with Crippen LogP contribution in [-0.4, -0.2) is 4.98 Å². The Bertz CT molecular complexity index is 1680. The molecule has 40 heavy (non-hydrogen) atoms. The fourth-order valence-electron chi connectivity index (χ4n) is 5.50. The summed E-state index contributed by atoms with van der Waals surface area (Å²) < 4.78 is 0. The van der Waals surface area contributed by atoms with E-state index in [1.807, 2.05) is 6.07 Å². The molecule has 0 saturated heterocycles. The number of nitrogens with zero attached hydrogens (tertiary/aromatic N) is 1. The molecule has 1 nitrogen and oxygen atoms in total. The summed E-state index contributed by atoms with van der Waals surface area (Å²) in [4.78, 5) is 4.89. The minimum Gasteiger partial charge on any atom is -0.248 e. The molecule has 0 aliphatic rings. The highest BCUT2D eigenvalue weighted by Crippen LogP contribution is 2.29. The minimum atomic E-state index is 1.00. The molecule has 0 fully saturated rings. The Balaban J connectivity index is 1.08. The zero-order valence-electron chi connectivity index (χ0n) is 23.0. The van der Waals surface area contributed by atoms with Gasteiger partial charge in [0.1, 0.15) is 0 Å². The second-order valence-corrected chi connectivity index (χ2v) is 10.6. The van der Waals surface area contributed by atoms with Gasteiger partial charge in [-0.3, -0.25) is 0 Å². The number of pyridine rings is 1. The normalized spacial score (nSPS) is 11.1. The van der Waals surface area contributed by atoms with E-state index in [0.29, 0.717) is 0 Å². The number of para-hydroxylation sites is 1. The van der Waals surface area contributed by atoms with Crippen molar-refractivity contribution >= 4 is 10.9 Å². The fourth-order valence-corrected chi connectivity index (χ4v) is 5.50. The Morgan fingerprint density at radius 3 is 1.75 bits per heavy atom. The summed E-state index contributed by atoms with van der Waals surface area (Å²) in [5.41, 5.74) is 11.0. The van der Waals surface area contributed by atoms with E-state index < -0.39 is 0 Å². The number of hydrogen-bond acceptors (Lipinski definition) is 1. The molecule has 0 aliphatic heterocycles. The van der Waals surface area contributed by atoms with E-state index in [1.54, 1.807) is 0 Å². The van der Waals surface area contributed by atoms with E-state index in [9.17, 15) is 0 Å². The first kappa shape index (κ1) is 25.8. The predicted molar refractivity (Wildman–Crippen MR) is 170 cm³/mol. The number of benzene rings is 5. The predicted octanol–water partition coefficient (Wildman–Crippen LogP) is 10.6. The van der Waals surface area contributed by atoms with Gasteiger partial charge in [0.05, 0.1) is 11.2 Å². The van der Waals surface area contributed by atoms with Gasteiger partial charge in [-0.05, 0) is 77.3 Å². The second-order valence-electron chi connectivity index (χ2n) is 10.6. The molecule has 0 saturated carbocycles. The van der Waals surface area contributed by atoms with Crippen molar-refractivity contribution in [2.75, 3.05) is 0 Å². The van der Waals surface area contributed by atoms with Gasteiger partial charge in [-0.1, -0.05) is 134 Å². The monoisotopic (exact) mass is 517 g/mol. The van der Waals surface area contributed by atoms with Crippen molar-refractivity contribution < 1.29 is 0 Å². The summed E-state index contributed by atoms with van der Waals surface area (Å²) in [7, 11) is 0. The number of fused-ring (bicyclic) bond motifs is 1. The summed E-state index contributed by atoms with van der Waals surface area (Å²) >= 11 is 0. The summed E-state index contributed by atoms with van der Waals surface area (Å²) in [5.74, 6) is 0. The maximum Gasteiger partial charge on any atom is 0.0709 e. The van der Waals surface area contributed by atoms with Gasteiger partial charge in [0.2, 0.25) is 0 Å². The van der Waals surface area contributed by atoms with Crippen LogP contribution in [0.3, 0.4) is 0 Å². The molecule has 0 bridgehead atoms. The van der Waals surface area contributed by atoms with Crippen molar-refractivity contribution in [3.05, 3.63) is 151 Å². The van der Waals surface area contributed by atoms with Crippen molar-refractivity contribution in [1.82, 2.24) is 4.98 Å². The summed E-state index contributed by atoms with van der Waals surface area (Å²) in [6.07, 6.45) is 7.45. The highest BCUT2D eigenvalue weighted by atomic mass is 14.7. The number of unbranched alkanes of at least 4 members (excludes halogenated alkanes) is 3. The van der Waals surface area contributed by atoms with Gasteiger partial charge in [-0.25, -0.2) is 4.98 Å². The molecule has 5 aromatic carbocycles. The van der Waals surface area contributed by atoms with Crippen LogP contribution in [0, 0.1) is 0 Å². The number of rotatable bonds is 10. The van der Waals surface area contributed by atoms with E-state index in [-0.39, 0.29) is 0 Å². The first-order valence-electron chi connectivity index (χ1n) is 14.5. The van der Waals surface area contributed by atoms with Crippen LogP contribution in [0.25, 0.3) is 44.4 Å². The van der Waals surface area contributed by atoms with E-state index in [2.05, 4.69) is 133 Å². The topological polar surface area (TPSA) is 12.9 Å². The lowest BCUT2D eigenvalue weighted by molar-refractivity contribution is 0.640. The van der Waals surface area contributed by atoms with Crippen LogP contribution in [0.2, 0.25) is 0 Å². The molecule has 0 unspecified atom stereocenters. The Hall–Kier alpha value is -4.49. The van der Waals surface area contributed by atoms with Gasteiger partial charge >= 0.3 is 0 Å². The molecule has 0 N–H and O–H groups in total. The third kappa shape index (κ3) is 6.38. The maximum absolute atomic E-state index is 4.89. The van der Waals surface area contributed by atoms with Gasteiger partial charge in [0, 0.05) is 10.9 Å². The molecular weight excluding hydrogens is 482 g/mol. The molecule has 0 aliphatic carbocycles. The number of aryl methyl sites for hydroxylation is 2. The lowest BCUT2D eigenvalue weighted by Crippen LogP contribution is -1.89. The molecule has 0 amide bonds. The van der Waals surface area contributed by atoms with Crippen LogP contribution in [0.5, 0.6) is 0 Å². The van der Waals surface area contributed by atoms with Crippen LogP contribution in [0.4, 0.5) is 0 Å². The molecule has 6 aromatic rings. The van der Waals surface area contributed by atoms with Gasteiger partial charge in [0.25, 0.3) is 0 Å². The fraction of sp³-hybridized carbons (Fsp3) is 0.154. The van der Waals surface area contributed by atoms with E-state index >= 15 is 0 Å². The third-order valence-corrected chi connectivity index (χ3v) is 7.76. The Morgan fingerprint density at radius 2 is 0.975 bits per heavy atom. The van der Waals surface area contributed by atoms with Crippen molar-refractivity contribution in [3.63, 3.8) is 0 Å². The van der Waals surface area contributed by atoms with Crippen LogP contribution < -0.4 is 0 Å². The lowest BCUT2D eigenvalue weighted by Gasteiger charge is -2.09. The number of hydrogen-bond donors (Lipinski definition) is 0. The van der Waals surface area contributed by atoms with Crippen molar-refractivity contribution in [2.45, 2.75) is 38.5 Å². The average Bonchev–Trinajstić information content (AvgIpc) is 3.03. The van der Waals surface area contributed by atoms with Gasteiger partial charge in [-0.2, -0.15) is 0 Å². The molecule has 1 aromatic heterocycles. The highest BCUT2D eigenvalue weighted by molar-refractivity contribution is 5.82. The van der Waals surface area contributed by atoms with Crippen molar-refractivity contribution in [1.29, 1.82) is 0 Å². The van der Waals surface area contributed by atoms with Crippen molar-refractivity contribution in [2.24, 2.45) is 0 Å². The largest absolute Gasteiger partial charge is 0.248 e. The Labute approximate surface area is 238 Å². The van der Waals surface area contributed by atoms with Crippen LogP contribution >= 0.6 is 0 Å². The zero-order valence-corrected chi connectivity index (χ0v) is 23.0. The average molecular weight is 518 g/mol. The standard InChI is InChI=1S/C39H35N/c1(4-12-30-13-6-3-7-14-30)2-5-15-31-16-10-18-35(28-31)32-22-24-33(25-23-32)36-19-11-20-37(29-36)39-27-26-34-17-8-9-21-38(34)40-39/h3,6-11,13-14,16-29H,1-2,4-5,12,15H2. The number of aromatic nitrogens is 1. The Morgan fingerprint density at radius 1 is 0.375 bits per heavy atom. The molecule has 1 heteroatoms. The first-order valence-corrected chi connectivity index (χ1v) is 14.5. The van der Waals surface area contributed by atoms with Crippen LogP contribution in [0.1, 0.15) is 36.8 Å². The molecule has 1 heterocycles. The van der Waals surface area contributed by atoms with Crippen LogP contribution in [-0.2, 0) is 12.8 Å². The van der Waals surface area contributed by atoms with Gasteiger partial charge < -0.3 is 0 Å². The Kier molecular flexibility index (Phi) is 8.10. The molecule has 0 atom stereocenters. The van der Waals surface area contributed by atoms with Gasteiger partial charge in [-0.15, -0.1) is 0 Å². The second kappa shape index (κ2) is 12.6. The molecular formula is C39H35N. The van der Waals surface area contributed by atoms with Gasteiger partial charge in [0.15, 0.2) is 0 Å². The van der Waals surface area contributed by atoms with E-state index in [4.69, 9.17) is 4.98 Å². The molecule has 0 radical (unpaired) electrons. The third-order valence-electron chi connectivity index (χ3n) is 7.76. The van der Waals surface area contributed by atoms with E-state index in [0.717, 1.165) is 23.2 Å². The van der Waals surface area contributed by atoms with Crippen molar-refractivity contribution in [3.8, 4) is 33.5 Å². The SMILES string of the molecule is c1ccc(CCCCCCc2cccc(-c3ccc(-c4cccc(-c5ccc6ccccc6n5)c4)cc3)c2)cc1. The highest BCUT2D eigenvalue weighted by Gasteiger charge is 2.06. The summed E-state index contributed by atoms with van der Waals surface area (Å²) in [5, 5.41) is 1.17. The lowest BCUT2D eigenvalue weighted by atomic mass is 9.96. The minimum absolute atomic E-state index is 1.00. The zero-order chi connectivity index (χ0) is 27.0. The molecule has 6 rings (SSSR count). The van der Waals surface area contributed by atoms with Crippen LogP contribution in [0.15, 0.2) is 140 Å². The quantitative estimate of drug-likeness (QED) is 0.165. The van der Waals surface area contributed by atoms with E-state index in [1.165, 1.54) is 70.9 Å².